The van der Waals surface area contributed by atoms with E-state index in [1.54, 1.807) is 0 Å². The van der Waals surface area contributed by atoms with E-state index < -0.39 is 37.1 Å². The van der Waals surface area contributed by atoms with Crippen molar-refractivity contribution in [3.63, 3.8) is 0 Å². The minimum atomic E-state index is -4.09. The lowest BCUT2D eigenvalue weighted by Gasteiger charge is -2.01. The Morgan fingerprint density at radius 2 is 2.00 bits per heavy atom. The Labute approximate surface area is 89.5 Å². The third-order valence-corrected chi connectivity index (χ3v) is 2.63. The Hall–Kier alpha value is -2.00. The van der Waals surface area contributed by atoms with Gasteiger partial charge in [-0.2, -0.15) is 0 Å². The number of nitrogens with two attached hydrogens (primary N) is 1. The molecule has 16 heavy (non-hydrogen) atoms. The summed E-state index contributed by atoms with van der Waals surface area (Å²) in [6.45, 7) is 0. The topological polar surface area (TPSA) is 141 Å². The predicted octanol–water partition coefficient (Wildman–Crippen LogP) is -0.0596. The fraction of sp³-hybridized carbons (Fsp3) is 0. The number of primary sulfonamides is 1. The summed E-state index contributed by atoms with van der Waals surface area (Å²) in [5, 5.41) is 23.9. The molecule has 0 aromatic heterocycles. The average Bonchev–Trinajstić information content (AvgIpc) is 2.15. The smallest absolute Gasteiger partial charge is 0.342 e. The summed E-state index contributed by atoms with van der Waals surface area (Å²) in [4.78, 5) is 19.7. The number of rotatable bonds is 3. The minimum Gasteiger partial charge on any atom is -0.477 e. The molecule has 0 amide bonds. The Morgan fingerprint density at radius 1 is 1.44 bits per heavy atom. The van der Waals surface area contributed by atoms with Crippen LogP contribution in [0.4, 0.5) is 5.69 Å². The summed E-state index contributed by atoms with van der Waals surface area (Å²) in [5.41, 5.74) is -1.42. The van der Waals surface area contributed by atoms with Gasteiger partial charge in [-0.05, 0) is 12.1 Å². The second-order valence-corrected chi connectivity index (χ2v) is 4.35. The van der Waals surface area contributed by atoms with Crippen molar-refractivity contribution in [3.05, 3.63) is 33.9 Å². The molecule has 0 spiro atoms. The fourth-order valence-corrected chi connectivity index (χ4v) is 1.56. The lowest BCUT2D eigenvalue weighted by molar-refractivity contribution is -0.385. The van der Waals surface area contributed by atoms with E-state index in [-0.39, 0.29) is 0 Å². The molecular weight excluding hydrogens is 240 g/mol. The molecule has 0 aliphatic heterocycles. The summed E-state index contributed by atoms with van der Waals surface area (Å²) >= 11 is 0. The number of nitro benzene ring substituents is 1. The van der Waals surface area contributed by atoms with Gasteiger partial charge in [-0.1, -0.05) is 0 Å². The van der Waals surface area contributed by atoms with Crippen LogP contribution in [0.2, 0.25) is 0 Å². The Balaban J connectivity index is 3.52. The van der Waals surface area contributed by atoms with Crippen LogP contribution in [0, 0.1) is 10.1 Å². The molecule has 3 N–H and O–H groups in total. The van der Waals surface area contributed by atoms with Crippen LogP contribution in [-0.4, -0.2) is 24.4 Å². The largest absolute Gasteiger partial charge is 0.477 e. The van der Waals surface area contributed by atoms with Crippen molar-refractivity contribution in [3.8, 4) is 0 Å². The van der Waals surface area contributed by atoms with Crippen LogP contribution in [0.25, 0.3) is 0 Å². The first kappa shape index (κ1) is 12.1. The van der Waals surface area contributed by atoms with Gasteiger partial charge < -0.3 is 5.11 Å². The Bertz CT molecular complexity index is 564. The molecule has 86 valence electrons. The Kier molecular flexibility index (Phi) is 2.92. The highest BCUT2D eigenvalue weighted by Crippen LogP contribution is 2.21. The van der Waals surface area contributed by atoms with Crippen LogP contribution in [0.3, 0.4) is 0 Å². The lowest BCUT2D eigenvalue weighted by Crippen LogP contribution is -2.13. The normalized spacial score (nSPS) is 11.1. The number of hydrogen-bond acceptors (Lipinski definition) is 5. The number of nitrogens with zero attached hydrogens (tertiary/aromatic N) is 1. The van der Waals surface area contributed by atoms with Crippen molar-refractivity contribution in [1.82, 2.24) is 0 Å². The monoisotopic (exact) mass is 246 g/mol. The number of nitro groups is 1. The van der Waals surface area contributed by atoms with Crippen LogP contribution in [0.15, 0.2) is 23.1 Å². The molecule has 1 rings (SSSR count). The van der Waals surface area contributed by atoms with Gasteiger partial charge in [0.25, 0.3) is 5.69 Å². The summed E-state index contributed by atoms with van der Waals surface area (Å²) in [7, 11) is -4.09. The molecule has 1 aromatic rings. The first-order valence-corrected chi connectivity index (χ1v) is 5.32. The van der Waals surface area contributed by atoms with Crippen molar-refractivity contribution in [2.24, 2.45) is 5.14 Å². The molecule has 0 aliphatic rings. The molecule has 0 saturated heterocycles. The SMILES string of the molecule is NS(=O)(=O)c1ccc([N+](=O)[O-])c(C(=O)O)c1. The second kappa shape index (κ2) is 3.87. The van der Waals surface area contributed by atoms with Crippen LogP contribution >= 0.6 is 0 Å². The zero-order valence-electron chi connectivity index (χ0n) is 7.65. The number of aromatic carboxylic acids is 1. The third-order valence-electron chi connectivity index (χ3n) is 1.72. The molecule has 0 unspecified atom stereocenters. The first-order chi connectivity index (χ1) is 7.23. The summed E-state index contributed by atoms with van der Waals surface area (Å²) < 4.78 is 21.8. The highest BCUT2D eigenvalue weighted by Gasteiger charge is 2.22. The van der Waals surface area contributed by atoms with E-state index in [1.807, 2.05) is 0 Å². The van der Waals surface area contributed by atoms with Gasteiger partial charge in [0, 0.05) is 6.07 Å². The van der Waals surface area contributed by atoms with Crippen molar-refractivity contribution in [2.75, 3.05) is 0 Å². The highest BCUT2D eigenvalue weighted by atomic mass is 32.2. The van der Waals surface area contributed by atoms with E-state index in [0.717, 1.165) is 12.1 Å². The van der Waals surface area contributed by atoms with E-state index in [4.69, 9.17) is 10.2 Å². The molecule has 0 atom stereocenters. The summed E-state index contributed by atoms with van der Waals surface area (Å²) in [5.74, 6) is -1.60. The maximum Gasteiger partial charge on any atom is 0.342 e. The molecule has 0 aliphatic carbocycles. The van der Waals surface area contributed by atoms with E-state index >= 15 is 0 Å². The molecule has 0 bridgehead atoms. The third kappa shape index (κ3) is 2.32. The van der Waals surface area contributed by atoms with E-state index in [1.165, 1.54) is 0 Å². The molecule has 0 heterocycles. The summed E-state index contributed by atoms with van der Waals surface area (Å²) in [6, 6.07) is 2.30. The van der Waals surface area contributed by atoms with Gasteiger partial charge in [0.2, 0.25) is 10.0 Å². The standard InChI is InChI=1S/C7H6N2O6S/c8-16(14,15)4-1-2-6(9(12)13)5(3-4)7(10)11/h1-3H,(H,10,11)(H2,8,14,15). The van der Waals surface area contributed by atoms with Gasteiger partial charge >= 0.3 is 5.97 Å². The zero-order chi connectivity index (χ0) is 12.5. The van der Waals surface area contributed by atoms with E-state index in [2.05, 4.69) is 0 Å². The quantitative estimate of drug-likeness (QED) is 0.565. The number of hydrogen-bond donors (Lipinski definition) is 2. The first-order valence-electron chi connectivity index (χ1n) is 3.78. The predicted molar refractivity (Wildman–Crippen MR) is 51.4 cm³/mol. The van der Waals surface area contributed by atoms with Crippen molar-refractivity contribution < 1.29 is 23.2 Å². The van der Waals surface area contributed by atoms with Crippen LogP contribution in [-0.2, 0) is 10.0 Å². The van der Waals surface area contributed by atoms with Gasteiger partial charge in [0.15, 0.2) is 0 Å². The number of carboxylic acid groups (broad SMARTS) is 1. The van der Waals surface area contributed by atoms with Gasteiger partial charge in [-0.3, -0.25) is 10.1 Å². The molecule has 0 saturated carbocycles. The van der Waals surface area contributed by atoms with Crippen LogP contribution in [0.1, 0.15) is 10.4 Å². The van der Waals surface area contributed by atoms with Crippen LogP contribution < -0.4 is 5.14 Å². The van der Waals surface area contributed by atoms with Gasteiger partial charge in [-0.25, -0.2) is 18.4 Å². The fourth-order valence-electron chi connectivity index (χ4n) is 1.02. The molecule has 9 heteroatoms. The zero-order valence-corrected chi connectivity index (χ0v) is 8.47. The molecule has 8 nitrogen and oxygen atoms in total. The van der Waals surface area contributed by atoms with E-state index in [9.17, 15) is 23.3 Å². The Morgan fingerprint density at radius 3 is 2.38 bits per heavy atom. The van der Waals surface area contributed by atoms with Crippen LogP contribution in [0.5, 0.6) is 0 Å². The molecule has 1 aromatic carbocycles. The maximum absolute atomic E-state index is 10.9. The maximum atomic E-state index is 10.9. The van der Waals surface area contributed by atoms with Gasteiger partial charge in [0.1, 0.15) is 5.56 Å². The van der Waals surface area contributed by atoms with Gasteiger partial charge in [0.05, 0.1) is 9.82 Å². The van der Waals surface area contributed by atoms with Crippen molar-refractivity contribution in [2.45, 2.75) is 4.90 Å². The van der Waals surface area contributed by atoms with Crippen molar-refractivity contribution >= 4 is 21.7 Å². The van der Waals surface area contributed by atoms with E-state index in [0.29, 0.717) is 6.07 Å². The number of carbonyl (C=O) groups is 1. The average molecular weight is 246 g/mol. The molecule has 0 fully saturated rings. The second-order valence-electron chi connectivity index (χ2n) is 2.79. The molecule has 0 radical (unpaired) electrons. The number of sulfonamides is 1. The highest BCUT2D eigenvalue weighted by molar-refractivity contribution is 7.89. The number of benzene rings is 1. The number of carboxylic acids is 1. The lowest BCUT2D eigenvalue weighted by atomic mass is 10.2. The van der Waals surface area contributed by atoms with Gasteiger partial charge in [-0.15, -0.1) is 0 Å². The molecular formula is C7H6N2O6S. The minimum absolute atomic E-state index is 0.490. The summed E-state index contributed by atoms with van der Waals surface area (Å²) in [6.07, 6.45) is 0. The van der Waals surface area contributed by atoms with Crippen molar-refractivity contribution in [1.29, 1.82) is 0 Å².